The molecule has 1 amide bonds. The molecule has 0 radical (unpaired) electrons. The summed E-state index contributed by atoms with van der Waals surface area (Å²) in [4.78, 5) is 25.5. The van der Waals surface area contributed by atoms with Gasteiger partial charge in [0, 0.05) is 18.3 Å². The van der Waals surface area contributed by atoms with Crippen LogP contribution in [0.2, 0.25) is 0 Å². The van der Waals surface area contributed by atoms with Gasteiger partial charge in [-0.15, -0.1) is 0 Å². The first-order chi connectivity index (χ1) is 11.5. The average molecular weight is 331 g/mol. The van der Waals surface area contributed by atoms with E-state index < -0.39 is 12.0 Å². The van der Waals surface area contributed by atoms with Gasteiger partial charge < -0.3 is 10.0 Å². The number of aromatic nitrogens is 2. The third-order valence-electron chi connectivity index (χ3n) is 4.24. The van der Waals surface area contributed by atoms with E-state index >= 15 is 0 Å². The largest absolute Gasteiger partial charge is 0.480 e. The van der Waals surface area contributed by atoms with Crippen molar-refractivity contribution in [3.63, 3.8) is 0 Å². The van der Waals surface area contributed by atoms with Crippen molar-refractivity contribution in [2.45, 2.75) is 32.2 Å². The summed E-state index contributed by atoms with van der Waals surface area (Å²) in [5.41, 5.74) is 1.51. The zero-order valence-electron chi connectivity index (χ0n) is 13.3. The second-order valence-corrected chi connectivity index (χ2v) is 5.93. The van der Waals surface area contributed by atoms with Crippen LogP contribution in [0.25, 0.3) is 5.69 Å². The van der Waals surface area contributed by atoms with Gasteiger partial charge >= 0.3 is 5.97 Å². The van der Waals surface area contributed by atoms with Crippen LogP contribution in [0.5, 0.6) is 0 Å². The number of carboxylic acid groups (broad SMARTS) is 1. The lowest BCUT2D eigenvalue weighted by Gasteiger charge is -2.32. The second kappa shape index (κ2) is 6.43. The summed E-state index contributed by atoms with van der Waals surface area (Å²) in [6.07, 6.45) is 3.72. The minimum atomic E-state index is -0.987. The first-order valence-corrected chi connectivity index (χ1v) is 7.83. The number of likely N-dealkylation sites (tertiary alicyclic amines) is 1. The van der Waals surface area contributed by atoms with Crippen molar-refractivity contribution >= 4 is 11.9 Å². The number of carbonyl (C=O) groups excluding carboxylic acids is 1. The Morgan fingerprint density at radius 3 is 2.62 bits per heavy atom. The van der Waals surface area contributed by atoms with Crippen LogP contribution in [0.3, 0.4) is 0 Å². The molecule has 1 N–H and O–H groups in total. The molecule has 1 atom stereocenters. The van der Waals surface area contributed by atoms with E-state index in [-0.39, 0.29) is 17.4 Å². The summed E-state index contributed by atoms with van der Waals surface area (Å²) in [7, 11) is 0. The molecule has 126 valence electrons. The van der Waals surface area contributed by atoms with Crippen molar-refractivity contribution in [2.24, 2.45) is 0 Å². The van der Waals surface area contributed by atoms with E-state index in [1.807, 2.05) is 0 Å². The molecule has 0 spiro atoms. The molecule has 1 aliphatic rings. The van der Waals surface area contributed by atoms with Gasteiger partial charge in [-0.3, -0.25) is 4.79 Å². The first-order valence-electron chi connectivity index (χ1n) is 7.83. The van der Waals surface area contributed by atoms with Gasteiger partial charge in [-0.25, -0.2) is 13.9 Å². The lowest BCUT2D eigenvalue weighted by Crippen LogP contribution is -2.48. The fourth-order valence-electron chi connectivity index (χ4n) is 2.96. The number of amides is 1. The molecule has 7 heteroatoms. The highest BCUT2D eigenvalue weighted by Crippen LogP contribution is 2.21. The van der Waals surface area contributed by atoms with Gasteiger partial charge in [0.1, 0.15) is 11.9 Å². The maximum atomic E-state index is 13.0. The fraction of sp³-hybridized carbons (Fsp3) is 0.353. The molecule has 1 aromatic carbocycles. The van der Waals surface area contributed by atoms with Crippen molar-refractivity contribution in [3.8, 4) is 5.69 Å². The Bertz CT molecular complexity index is 770. The number of rotatable bonds is 3. The Morgan fingerprint density at radius 1 is 1.25 bits per heavy atom. The monoisotopic (exact) mass is 331 g/mol. The van der Waals surface area contributed by atoms with Crippen molar-refractivity contribution in [1.82, 2.24) is 14.7 Å². The maximum absolute atomic E-state index is 13.0. The highest BCUT2D eigenvalue weighted by atomic mass is 19.1. The SMILES string of the molecule is Cc1cn(-c2ccc(F)cc2)nc1C(=O)N1CCCC[C@@H]1C(=O)O. The molecule has 3 rings (SSSR count). The predicted molar refractivity (Wildman–Crippen MR) is 84.6 cm³/mol. The molecule has 0 aliphatic carbocycles. The van der Waals surface area contributed by atoms with E-state index in [1.54, 1.807) is 25.3 Å². The number of carbonyl (C=O) groups is 2. The van der Waals surface area contributed by atoms with E-state index in [0.717, 1.165) is 12.8 Å². The van der Waals surface area contributed by atoms with Crippen molar-refractivity contribution in [2.75, 3.05) is 6.54 Å². The third-order valence-corrected chi connectivity index (χ3v) is 4.24. The number of hydrogen-bond donors (Lipinski definition) is 1. The van der Waals surface area contributed by atoms with Gasteiger partial charge in [0.25, 0.3) is 5.91 Å². The Kier molecular flexibility index (Phi) is 4.33. The Balaban J connectivity index is 1.90. The standard InChI is InChI=1S/C17H18FN3O3/c1-11-10-21(13-7-5-12(18)6-8-13)19-15(11)16(22)20-9-3-2-4-14(20)17(23)24/h5-8,10,14H,2-4,9H2,1H3,(H,23,24)/t14-/m1/s1. The smallest absolute Gasteiger partial charge is 0.326 e. The van der Waals surface area contributed by atoms with Crippen LogP contribution in [-0.4, -0.2) is 44.3 Å². The quantitative estimate of drug-likeness (QED) is 0.937. The number of hydrogen-bond acceptors (Lipinski definition) is 3. The van der Waals surface area contributed by atoms with Crippen LogP contribution < -0.4 is 0 Å². The van der Waals surface area contributed by atoms with E-state index in [0.29, 0.717) is 24.2 Å². The van der Waals surface area contributed by atoms with Crippen molar-refractivity contribution in [3.05, 3.63) is 47.5 Å². The molecule has 1 saturated heterocycles. The van der Waals surface area contributed by atoms with Crippen molar-refractivity contribution < 1.29 is 19.1 Å². The summed E-state index contributed by atoms with van der Waals surface area (Å²) < 4.78 is 14.5. The normalized spacial score (nSPS) is 17.8. The molecular formula is C17H18FN3O3. The average Bonchev–Trinajstić information content (AvgIpc) is 2.96. The number of aliphatic carboxylic acids is 1. The topological polar surface area (TPSA) is 75.4 Å². The molecule has 0 saturated carbocycles. The summed E-state index contributed by atoms with van der Waals surface area (Å²) in [5, 5.41) is 13.6. The van der Waals surface area contributed by atoms with E-state index in [1.165, 1.54) is 21.7 Å². The van der Waals surface area contributed by atoms with Gasteiger partial charge in [-0.05, 0) is 50.5 Å². The molecule has 1 aromatic heterocycles. The highest BCUT2D eigenvalue weighted by Gasteiger charge is 2.34. The summed E-state index contributed by atoms with van der Waals surface area (Å²) >= 11 is 0. The van der Waals surface area contributed by atoms with Gasteiger partial charge in [0.2, 0.25) is 0 Å². The molecule has 1 aliphatic heterocycles. The molecule has 1 fully saturated rings. The van der Waals surface area contributed by atoms with Crippen LogP contribution in [-0.2, 0) is 4.79 Å². The predicted octanol–water partition coefficient (Wildman–Crippen LogP) is 2.40. The van der Waals surface area contributed by atoms with Gasteiger partial charge in [-0.2, -0.15) is 5.10 Å². The molecule has 6 nitrogen and oxygen atoms in total. The van der Waals surface area contributed by atoms with Crippen LogP contribution >= 0.6 is 0 Å². The fourth-order valence-corrected chi connectivity index (χ4v) is 2.96. The Morgan fingerprint density at radius 2 is 1.96 bits per heavy atom. The molecule has 24 heavy (non-hydrogen) atoms. The third kappa shape index (κ3) is 3.02. The number of benzene rings is 1. The number of aryl methyl sites for hydroxylation is 1. The van der Waals surface area contributed by atoms with Crippen LogP contribution in [0, 0.1) is 12.7 Å². The number of halogens is 1. The Labute approximate surface area is 138 Å². The van der Waals surface area contributed by atoms with Gasteiger partial charge in [0.05, 0.1) is 5.69 Å². The second-order valence-electron chi connectivity index (χ2n) is 5.93. The maximum Gasteiger partial charge on any atom is 0.326 e. The molecule has 0 bridgehead atoms. The number of carboxylic acids is 1. The summed E-state index contributed by atoms with van der Waals surface area (Å²) in [6.45, 7) is 2.17. The van der Waals surface area contributed by atoms with Crippen LogP contribution in [0.4, 0.5) is 4.39 Å². The highest BCUT2D eigenvalue weighted by molar-refractivity contribution is 5.96. The number of nitrogens with zero attached hydrogens (tertiary/aromatic N) is 3. The van der Waals surface area contributed by atoms with Gasteiger partial charge in [0.15, 0.2) is 5.69 Å². The molecule has 2 aromatic rings. The minimum absolute atomic E-state index is 0.229. The number of piperidine rings is 1. The summed E-state index contributed by atoms with van der Waals surface area (Å²) in [5.74, 6) is -1.71. The van der Waals surface area contributed by atoms with E-state index in [4.69, 9.17) is 0 Å². The minimum Gasteiger partial charge on any atom is -0.480 e. The Hall–Kier alpha value is -2.70. The lowest BCUT2D eigenvalue weighted by molar-refractivity contribution is -0.143. The van der Waals surface area contributed by atoms with Crippen LogP contribution in [0.1, 0.15) is 35.3 Å². The summed E-state index contributed by atoms with van der Waals surface area (Å²) in [6, 6.07) is 4.97. The first kappa shape index (κ1) is 16.2. The molecular weight excluding hydrogens is 313 g/mol. The molecule has 2 heterocycles. The van der Waals surface area contributed by atoms with Crippen molar-refractivity contribution in [1.29, 1.82) is 0 Å². The zero-order chi connectivity index (χ0) is 17.3. The van der Waals surface area contributed by atoms with E-state index in [9.17, 15) is 19.1 Å². The molecule has 0 unspecified atom stereocenters. The van der Waals surface area contributed by atoms with Gasteiger partial charge in [-0.1, -0.05) is 0 Å². The van der Waals surface area contributed by atoms with E-state index in [2.05, 4.69) is 5.10 Å². The zero-order valence-corrected chi connectivity index (χ0v) is 13.3. The lowest BCUT2D eigenvalue weighted by atomic mass is 10.0. The van der Waals surface area contributed by atoms with Crippen LogP contribution in [0.15, 0.2) is 30.5 Å².